The first-order chi connectivity index (χ1) is 8.53. The Morgan fingerprint density at radius 3 is 2.00 bits per heavy atom. The highest BCUT2D eigenvalue weighted by molar-refractivity contribution is 8.06. The second kappa shape index (κ2) is 5.63. The zero-order chi connectivity index (χ0) is 13.0. The maximum absolute atomic E-state index is 9.03. The van der Waals surface area contributed by atoms with Crippen LogP contribution in [0.15, 0.2) is 54.6 Å². The van der Waals surface area contributed by atoms with Gasteiger partial charge < -0.3 is 14.3 Å². The van der Waals surface area contributed by atoms with Gasteiger partial charge in [-0.1, -0.05) is 42.5 Å². The van der Waals surface area contributed by atoms with Gasteiger partial charge >= 0.3 is 6.72 Å². The van der Waals surface area contributed by atoms with Gasteiger partial charge in [0.15, 0.2) is 0 Å². The summed E-state index contributed by atoms with van der Waals surface area (Å²) in [6, 6.07) is 17.2. The van der Waals surface area contributed by atoms with Crippen LogP contribution in [0, 0.1) is 0 Å². The summed E-state index contributed by atoms with van der Waals surface area (Å²) < 4.78 is 4.84. The Bertz CT molecular complexity index is 548. The van der Waals surface area contributed by atoms with Crippen molar-refractivity contribution in [3.05, 3.63) is 65.7 Å². The van der Waals surface area contributed by atoms with Crippen LogP contribution >= 0.6 is 6.72 Å². The first-order valence-corrected chi connectivity index (χ1v) is 8.03. The van der Waals surface area contributed by atoms with E-state index in [0.29, 0.717) is 5.75 Å². The largest absolute Gasteiger partial charge is 0.424 e. The van der Waals surface area contributed by atoms with Gasteiger partial charge in [0.05, 0.1) is 0 Å². The summed E-state index contributed by atoms with van der Waals surface area (Å²) in [5.74, 6) is 0.375. The lowest BCUT2D eigenvalue weighted by atomic mass is 10.1. The smallest absolute Gasteiger partial charge is 0.375 e. The average molecular weight is 280 g/mol. The summed E-state index contributed by atoms with van der Waals surface area (Å²) >= 11 is 4.40. The summed E-state index contributed by atoms with van der Waals surface area (Å²) in [4.78, 5) is 18.1. The SMILES string of the molecule is OP(O)(=S)Oc1ccc(Cc2ccccc2)cc1. The minimum absolute atomic E-state index is 0.375. The van der Waals surface area contributed by atoms with Crippen LogP contribution in [0.2, 0.25) is 0 Å². The van der Waals surface area contributed by atoms with Gasteiger partial charge in [-0.25, -0.2) is 0 Å². The van der Waals surface area contributed by atoms with Crippen LogP contribution < -0.4 is 4.52 Å². The van der Waals surface area contributed by atoms with Crippen molar-refractivity contribution in [1.82, 2.24) is 0 Å². The maximum Gasteiger partial charge on any atom is 0.375 e. The predicted molar refractivity (Wildman–Crippen MR) is 75.0 cm³/mol. The molecule has 0 unspecified atom stereocenters. The maximum atomic E-state index is 9.03. The monoisotopic (exact) mass is 280 g/mol. The van der Waals surface area contributed by atoms with E-state index in [2.05, 4.69) is 23.9 Å². The van der Waals surface area contributed by atoms with E-state index >= 15 is 0 Å². The molecule has 0 aliphatic carbocycles. The molecule has 2 rings (SSSR count). The van der Waals surface area contributed by atoms with Crippen molar-refractivity contribution in [2.75, 3.05) is 0 Å². The molecular weight excluding hydrogens is 267 g/mol. The van der Waals surface area contributed by atoms with Gasteiger partial charge in [-0.3, -0.25) is 0 Å². The van der Waals surface area contributed by atoms with Crippen LogP contribution in [-0.2, 0) is 18.2 Å². The Kier molecular flexibility index (Phi) is 4.15. The molecule has 0 bridgehead atoms. The Balaban J connectivity index is 2.06. The molecule has 0 spiro atoms. The van der Waals surface area contributed by atoms with Gasteiger partial charge in [0, 0.05) is 11.8 Å². The third-order valence-electron chi connectivity index (χ3n) is 2.40. The van der Waals surface area contributed by atoms with Gasteiger partial charge in [-0.05, 0) is 29.7 Å². The Morgan fingerprint density at radius 1 is 0.889 bits per heavy atom. The van der Waals surface area contributed by atoms with Crippen molar-refractivity contribution in [1.29, 1.82) is 0 Å². The third-order valence-corrected chi connectivity index (χ3v) is 3.07. The predicted octanol–water partition coefficient (Wildman–Crippen LogP) is 2.87. The van der Waals surface area contributed by atoms with Gasteiger partial charge in [-0.15, -0.1) is 0 Å². The molecule has 0 heterocycles. The lowest BCUT2D eigenvalue weighted by Gasteiger charge is -2.10. The molecule has 0 aliphatic heterocycles. The molecule has 0 aromatic heterocycles. The highest BCUT2D eigenvalue weighted by Crippen LogP contribution is 2.37. The second-order valence-corrected chi connectivity index (χ2v) is 6.48. The molecule has 0 amide bonds. The van der Waals surface area contributed by atoms with E-state index < -0.39 is 6.72 Å². The molecule has 2 aromatic rings. The summed E-state index contributed by atoms with van der Waals surface area (Å²) in [7, 11) is 0. The molecular formula is C13H13O3PS. The van der Waals surface area contributed by atoms with E-state index in [9.17, 15) is 0 Å². The Hall–Kier alpha value is -1.19. The number of hydrogen-bond donors (Lipinski definition) is 2. The Labute approximate surface area is 111 Å². The number of benzene rings is 2. The molecule has 0 atom stereocenters. The van der Waals surface area contributed by atoms with Crippen LogP contribution in [0.25, 0.3) is 0 Å². The fourth-order valence-corrected chi connectivity index (χ4v) is 2.29. The van der Waals surface area contributed by atoms with E-state index in [-0.39, 0.29) is 0 Å². The topological polar surface area (TPSA) is 49.7 Å². The molecule has 2 aromatic carbocycles. The molecule has 94 valence electrons. The van der Waals surface area contributed by atoms with Crippen molar-refractivity contribution < 1.29 is 14.3 Å². The molecule has 2 N–H and O–H groups in total. The van der Waals surface area contributed by atoms with E-state index in [4.69, 9.17) is 14.3 Å². The van der Waals surface area contributed by atoms with Crippen LogP contribution in [0.5, 0.6) is 5.75 Å². The lowest BCUT2D eigenvalue weighted by molar-refractivity contribution is 0.370. The van der Waals surface area contributed by atoms with Crippen molar-refractivity contribution in [2.45, 2.75) is 6.42 Å². The summed E-state index contributed by atoms with van der Waals surface area (Å²) in [5, 5.41) is 0. The van der Waals surface area contributed by atoms with E-state index in [1.165, 1.54) is 5.56 Å². The zero-order valence-corrected chi connectivity index (χ0v) is 11.3. The van der Waals surface area contributed by atoms with Gasteiger partial charge in [0.25, 0.3) is 0 Å². The van der Waals surface area contributed by atoms with E-state index in [0.717, 1.165) is 12.0 Å². The quantitative estimate of drug-likeness (QED) is 0.846. The molecule has 0 saturated carbocycles. The normalized spacial score (nSPS) is 11.2. The van der Waals surface area contributed by atoms with Gasteiger partial charge in [0.2, 0.25) is 0 Å². The fraction of sp³-hybridized carbons (Fsp3) is 0.0769. The standard InChI is InChI=1S/C13H13O3PS/c14-17(15,18)16-13-8-6-12(7-9-13)10-11-4-2-1-3-5-11/h1-9H,10H2,(H2,14,15,18). The first kappa shape index (κ1) is 13.2. The van der Waals surface area contributed by atoms with Gasteiger partial charge in [-0.2, -0.15) is 0 Å². The molecule has 3 nitrogen and oxygen atoms in total. The summed E-state index contributed by atoms with van der Waals surface area (Å²) in [5.41, 5.74) is 2.35. The molecule has 0 saturated heterocycles. The molecule has 0 fully saturated rings. The van der Waals surface area contributed by atoms with Crippen molar-refractivity contribution in [2.24, 2.45) is 0 Å². The molecule has 5 heteroatoms. The number of hydrogen-bond acceptors (Lipinski definition) is 2. The van der Waals surface area contributed by atoms with Crippen molar-refractivity contribution >= 4 is 18.5 Å². The minimum atomic E-state index is -3.64. The minimum Gasteiger partial charge on any atom is -0.424 e. The summed E-state index contributed by atoms with van der Waals surface area (Å²) in [6.07, 6.45) is 0.827. The molecule has 18 heavy (non-hydrogen) atoms. The lowest BCUT2D eigenvalue weighted by Crippen LogP contribution is -1.91. The Morgan fingerprint density at radius 2 is 1.44 bits per heavy atom. The average Bonchev–Trinajstić information content (AvgIpc) is 2.31. The van der Waals surface area contributed by atoms with Crippen LogP contribution in [-0.4, -0.2) is 9.79 Å². The van der Waals surface area contributed by atoms with E-state index in [1.54, 1.807) is 12.1 Å². The summed E-state index contributed by atoms with van der Waals surface area (Å²) in [6.45, 7) is -3.64. The van der Waals surface area contributed by atoms with E-state index in [1.807, 2.05) is 30.3 Å². The second-order valence-electron chi connectivity index (χ2n) is 3.89. The molecule has 0 aliphatic rings. The highest BCUT2D eigenvalue weighted by atomic mass is 32.5. The fourth-order valence-electron chi connectivity index (χ4n) is 1.64. The van der Waals surface area contributed by atoms with Crippen LogP contribution in [0.4, 0.5) is 0 Å². The molecule has 0 radical (unpaired) electrons. The van der Waals surface area contributed by atoms with Crippen LogP contribution in [0.1, 0.15) is 11.1 Å². The van der Waals surface area contributed by atoms with Crippen molar-refractivity contribution in [3.63, 3.8) is 0 Å². The highest BCUT2D eigenvalue weighted by Gasteiger charge is 2.09. The number of rotatable bonds is 4. The third kappa shape index (κ3) is 4.24. The van der Waals surface area contributed by atoms with Crippen molar-refractivity contribution in [3.8, 4) is 5.75 Å². The first-order valence-electron chi connectivity index (χ1n) is 5.41. The van der Waals surface area contributed by atoms with Gasteiger partial charge in [0.1, 0.15) is 5.75 Å². The van der Waals surface area contributed by atoms with Crippen LogP contribution in [0.3, 0.4) is 0 Å². The zero-order valence-electron chi connectivity index (χ0n) is 9.56.